The molecule has 1 aromatic carbocycles. The van der Waals surface area contributed by atoms with Gasteiger partial charge < -0.3 is 9.84 Å². The van der Waals surface area contributed by atoms with E-state index in [4.69, 9.17) is 4.52 Å². The summed E-state index contributed by atoms with van der Waals surface area (Å²) in [5, 5.41) is 8.40. The van der Waals surface area contributed by atoms with Gasteiger partial charge in [-0.15, -0.1) is 11.3 Å². The molecule has 0 saturated carbocycles. The van der Waals surface area contributed by atoms with Crippen LogP contribution in [0.5, 0.6) is 0 Å². The molecule has 1 N–H and O–H groups in total. The van der Waals surface area contributed by atoms with E-state index >= 15 is 0 Å². The van der Waals surface area contributed by atoms with Crippen molar-refractivity contribution in [3.8, 4) is 10.7 Å². The highest BCUT2D eigenvalue weighted by Gasteiger charge is 2.22. The smallest absolute Gasteiger partial charge is 0.246 e. The van der Waals surface area contributed by atoms with Crippen molar-refractivity contribution in [2.45, 2.75) is 20.4 Å². The Morgan fingerprint density at radius 1 is 1.29 bits per heavy atom. The summed E-state index contributed by atoms with van der Waals surface area (Å²) < 4.78 is 30.7. The molecule has 1 amide bonds. The van der Waals surface area contributed by atoms with Gasteiger partial charge in [0.15, 0.2) is 0 Å². The van der Waals surface area contributed by atoms with Gasteiger partial charge in [-0.25, -0.2) is 8.42 Å². The molecule has 0 aliphatic heterocycles. The van der Waals surface area contributed by atoms with E-state index in [9.17, 15) is 13.2 Å². The lowest BCUT2D eigenvalue weighted by Gasteiger charge is -2.24. The fraction of sp³-hybridized carbons (Fsp3) is 0.278. The molecule has 148 valence electrons. The average molecular weight is 421 g/mol. The topological polar surface area (TPSA) is 105 Å². The van der Waals surface area contributed by atoms with E-state index in [2.05, 4.69) is 15.5 Å². The van der Waals surface area contributed by atoms with E-state index < -0.39 is 15.9 Å². The fourth-order valence-corrected chi connectivity index (χ4v) is 4.12. The van der Waals surface area contributed by atoms with Crippen LogP contribution in [0.3, 0.4) is 0 Å². The third-order valence-electron chi connectivity index (χ3n) is 3.97. The average Bonchev–Trinajstić information content (AvgIpc) is 3.30. The molecule has 28 heavy (non-hydrogen) atoms. The predicted molar refractivity (Wildman–Crippen MR) is 108 cm³/mol. The summed E-state index contributed by atoms with van der Waals surface area (Å²) in [5.41, 5.74) is 2.15. The minimum atomic E-state index is -3.64. The van der Waals surface area contributed by atoms with Crippen LogP contribution in [0.4, 0.5) is 5.69 Å². The number of carbonyl (C=O) groups excluding carboxylic acids is 1. The van der Waals surface area contributed by atoms with E-state index in [1.807, 2.05) is 36.6 Å². The van der Waals surface area contributed by atoms with Gasteiger partial charge >= 0.3 is 0 Å². The molecule has 0 bridgehead atoms. The Kier molecular flexibility index (Phi) is 5.80. The van der Waals surface area contributed by atoms with Crippen molar-refractivity contribution in [1.29, 1.82) is 0 Å². The molecule has 0 unspecified atom stereocenters. The molecular formula is C18H20N4O4S2. The molecule has 3 rings (SSSR count). The Bertz CT molecular complexity index is 1070. The predicted octanol–water partition coefficient (Wildman–Crippen LogP) is 2.50. The van der Waals surface area contributed by atoms with Gasteiger partial charge in [-0.2, -0.15) is 4.98 Å². The lowest BCUT2D eigenvalue weighted by atomic mass is 10.1. The SMILES string of the molecule is Cc1ccc(C)c(N(CC(=O)NCc2nc(-c3cccs3)no2)S(C)(=O)=O)c1. The lowest BCUT2D eigenvalue weighted by Crippen LogP contribution is -2.40. The second-order valence-electron chi connectivity index (χ2n) is 6.33. The van der Waals surface area contributed by atoms with Crippen LogP contribution in [0.1, 0.15) is 17.0 Å². The molecule has 3 aromatic rings. The summed E-state index contributed by atoms with van der Waals surface area (Å²) in [7, 11) is -3.64. The number of anilines is 1. The van der Waals surface area contributed by atoms with E-state index in [0.29, 0.717) is 11.5 Å². The first kappa shape index (κ1) is 20.0. The first-order valence-corrected chi connectivity index (χ1v) is 11.1. The molecule has 2 heterocycles. The number of hydrogen-bond acceptors (Lipinski definition) is 7. The largest absolute Gasteiger partial charge is 0.345 e. The summed E-state index contributed by atoms with van der Waals surface area (Å²) in [6.07, 6.45) is 1.08. The summed E-state index contributed by atoms with van der Waals surface area (Å²) in [4.78, 5) is 17.5. The highest BCUT2D eigenvalue weighted by atomic mass is 32.2. The molecule has 0 aliphatic carbocycles. The Morgan fingerprint density at radius 3 is 2.75 bits per heavy atom. The minimum Gasteiger partial charge on any atom is -0.345 e. The maximum Gasteiger partial charge on any atom is 0.246 e. The Labute approximate surface area is 167 Å². The number of benzene rings is 1. The van der Waals surface area contributed by atoms with Gasteiger partial charge in [-0.1, -0.05) is 23.4 Å². The highest BCUT2D eigenvalue weighted by Crippen LogP contribution is 2.24. The van der Waals surface area contributed by atoms with E-state index in [0.717, 1.165) is 26.6 Å². The zero-order chi connectivity index (χ0) is 20.3. The Balaban J connectivity index is 1.69. The van der Waals surface area contributed by atoms with Crippen LogP contribution in [0.15, 0.2) is 40.2 Å². The number of sulfonamides is 1. The van der Waals surface area contributed by atoms with Crippen molar-refractivity contribution >= 4 is 33.0 Å². The number of rotatable bonds is 7. The zero-order valence-corrected chi connectivity index (χ0v) is 17.3. The molecule has 0 saturated heterocycles. The Hall–Kier alpha value is -2.72. The van der Waals surface area contributed by atoms with Gasteiger partial charge in [0.2, 0.25) is 27.6 Å². The minimum absolute atomic E-state index is 0.0155. The van der Waals surface area contributed by atoms with Gasteiger partial charge in [0, 0.05) is 0 Å². The summed E-state index contributed by atoms with van der Waals surface area (Å²) in [6.45, 7) is 3.34. The molecule has 0 spiro atoms. The van der Waals surface area contributed by atoms with Crippen LogP contribution in [0.25, 0.3) is 10.7 Å². The summed E-state index contributed by atoms with van der Waals surface area (Å²) in [5.74, 6) is 0.226. The molecule has 2 aromatic heterocycles. The highest BCUT2D eigenvalue weighted by molar-refractivity contribution is 7.92. The molecule has 8 nitrogen and oxygen atoms in total. The summed E-state index contributed by atoms with van der Waals surface area (Å²) in [6, 6.07) is 9.21. The van der Waals surface area contributed by atoms with E-state index in [-0.39, 0.29) is 19.0 Å². The molecule has 0 fully saturated rings. The number of thiophene rings is 1. The van der Waals surface area contributed by atoms with Crippen LogP contribution < -0.4 is 9.62 Å². The van der Waals surface area contributed by atoms with Gasteiger partial charge in [-0.05, 0) is 42.5 Å². The third-order valence-corrected chi connectivity index (χ3v) is 5.96. The molecule has 10 heteroatoms. The first-order valence-electron chi connectivity index (χ1n) is 8.42. The van der Waals surface area contributed by atoms with Gasteiger partial charge in [0.1, 0.15) is 6.54 Å². The standard InChI is InChI=1S/C18H20N4O4S2/c1-12-6-7-13(2)14(9-12)22(28(3,24)25)11-16(23)19-10-17-20-18(21-26-17)15-5-4-8-27-15/h4-9H,10-11H2,1-3H3,(H,19,23). The third kappa shape index (κ3) is 4.76. The maximum absolute atomic E-state index is 12.4. The van der Waals surface area contributed by atoms with Crippen molar-refractivity contribution in [2.75, 3.05) is 17.1 Å². The first-order chi connectivity index (χ1) is 13.2. The molecule has 0 aliphatic rings. The number of hydrogen-bond donors (Lipinski definition) is 1. The van der Waals surface area contributed by atoms with Crippen LogP contribution in [-0.2, 0) is 21.4 Å². The fourth-order valence-electron chi connectivity index (χ4n) is 2.56. The number of nitrogens with one attached hydrogen (secondary N) is 1. The molecular weight excluding hydrogens is 400 g/mol. The van der Waals surface area contributed by atoms with Crippen LogP contribution in [-0.4, -0.2) is 37.3 Å². The molecule has 0 atom stereocenters. The van der Waals surface area contributed by atoms with Crippen molar-refractivity contribution in [3.05, 3.63) is 52.7 Å². The number of aryl methyl sites for hydroxylation is 2. The number of aromatic nitrogens is 2. The molecule has 0 radical (unpaired) electrons. The van der Waals surface area contributed by atoms with Crippen LogP contribution >= 0.6 is 11.3 Å². The van der Waals surface area contributed by atoms with E-state index in [1.165, 1.54) is 11.3 Å². The van der Waals surface area contributed by atoms with Crippen LogP contribution in [0.2, 0.25) is 0 Å². The Morgan fingerprint density at radius 2 is 2.07 bits per heavy atom. The number of nitrogens with zero attached hydrogens (tertiary/aromatic N) is 3. The number of amides is 1. The summed E-state index contributed by atoms with van der Waals surface area (Å²) >= 11 is 1.48. The monoisotopic (exact) mass is 420 g/mol. The number of carbonyl (C=O) groups is 1. The lowest BCUT2D eigenvalue weighted by molar-refractivity contribution is -0.119. The van der Waals surface area contributed by atoms with Crippen molar-refractivity contribution < 1.29 is 17.7 Å². The van der Waals surface area contributed by atoms with Gasteiger partial charge in [0.25, 0.3) is 0 Å². The van der Waals surface area contributed by atoms with Crippen molar-refractivity contribution in [2.24, 2.45) is 0 Å². The second-order valence-corrected chi connectivity index (χ2v) is 9.18. The normalized spacial score (nSPS) is 11.4. The second kappa shape index (κ2) is 8.11. The van der Waals surface area contributed by atoms with Crippen molar-refractivity contribution in [3.63, 3.8) is 0 Å². The van der Waals surface area contributed by atoms with Gasteiger partial charge in [-0.3, -0.25) is 9.10 Å². The zero-order valence-electron chi connectivity index (χ0n) is 15.7. The van der Waals surface area contributed by atoms with Crippen LogP contribution in [0, 0.1) is 13.8 Å². The van der Waals surface area contributed by atoms with Gasteiger partial charge in [0.05, 0.1) is 23.4 Å². The van der Waals surface area contributed by atoms with Crippen molar-refractivity contribution in [1.82, 2.24) is 15.5 Å². The quantitative estimate of drug-likeness (QED) is 0.630. The maximum atomic E-state index is 12.4. The van der Waals surface area contributed by atoms with E-state index in [1.54, 1.807) is 13.0 Å².